The fraction of sp³-hybridized carbons (Fsp3) is 0.318. The fourth-order valence-corrected chi connectivity index (χ4v) is 2.98. The molecule has 160 valence electrons. The van der Waals surface area contributed by atoms with Crippen molar-refractivity contribution in [3.05, 3.63) is 64.7 Å². The number of phenols is 1. The predicted molar refractivity (Wildman–Crippen MR) is 116 cm³/mol. The van der Waals surface area contributed by atoms with E-state index in [1.165, 1.54) is 12.1 Å². The summed E-state index contributed by atoms with van der Waals surface area (Å²) in [4.78, 5) is 37.0. The smallest absolute Gasteiger partial charge is 0.253 e. The molecule has 1 unspecified atom stereocenters. The molecule has 30 heavy (non-hydrogen) atoms. The number of carbonyl (C=O) groups excluding carboxylic acids is 3. The topological polar surface area (TPSA) is 108 Å². The highest BCUT2D eigenvalue weighted by Crippen LogP contribution is 2.15. The highest BCUT2D eigenvalue weighted by molar-refractivity contribution is 6.33. The van der Waals surface area contributed by atoms with E-state index >= 15 is 0 Å². The molecule has 2 aromatic carbocycles. The van der Waals surface area contributed by atoms with Gasteiger partial charge in [0.15, 0.2) is 0 Å². The van der Waals surface area contributed by atoms with Gasteiger partial charge in [-0.1, -0.05) is 43.6 Å². The maximum Gasteiger partial charge on any atom is 0.253 e. The first-order chi connectivity index (χ1) is 14.3. The van der Waals surface area contributed by atoms with Crippen LogP contribution in [0, 0.1) is 5.92 Å². The minimum atomic E-state index is -0.712. The molecule has 0 aliphatic rings. The van der Waals surface area contributed by atoms with E-state index in [4.69, 9.17) is 11.6 Å². The normalized spacial score (nSPS) is 11.6. The van der Waals surface area contributed by atoms with Gasteiger partial charge in [0, 0.05) is 18.7 Å². The van der Waals surface area contributed by atoms with Crippen molar-refractivity contribution in [2.75, 3.05) is 13.1 Å². The predicted octanol–water partition coefficient (Wildman–Crippen LogP) is 2.74. The Morgan fingerprint density at radius 2 is 1.67 bits per heavy atom. The molecule has 0 heterocycles. The molecule has 0 aliphatic heterocycles. The zero-order chi connectivity index (χ0) is 22.1. The molecule has 8 heteroatoms. The summed E-state index contributed by atoms with van der Waals surface area (Å²) in [7, 11) is 0. The van der Waals surface area contributed by atoms with Gasteiger partial charge in [-0.05, 0) is 42.7 Å². The standard InChI is InChI=1S/C22H26ClN3O4/c1-14(2)19(26-21(29)17-9-3-4-10-18(17)23)22(30)25-12-6-11-24-20(28)15-7-5-8-16(27)13-15/h3-5,7-10,13-14,19,27H,6,11-12H2,1-2H3,(H,24,28)(H,25,30)(H,26,29). The van der Waals surface area contributed by atoms with Crippen LogP contribution in [0.5, 0.6) is 5.75 Å². The van der Waals surface area contributed by atoms with Gasteiger partial charge in [0.1, 0.15) is 11.8 Å². The summed E-state index contributed by atoms with van der Waals surface area (Å²) in [6.07, 6.45) is 0.513. The first-order valence-corrected chi connectivity index (χ1v) is 10.1. The van der Waals surface area contributed by atoms with Crippen molar-refractivity contribution in [3.63, 3.8) is 0 Å². The number of hydrogen-bond donors (Lipinski definition) is 4. The van der Waals surface area contributed by atoms with E-state index in [2.05, 4.69) is 16.0 Å². The zero-order valence-electron chi connectivity index (χ0n) is 16.9. The highest BCUT2D eigenvalue weighted by atomic mass is 35.5. The second-order valence-electron chi connectivity index (χ2n) is 7.13. The SMILES string of the molecule is CC(C)C(NC(=O)c1ccccc1Cl)C(=O)NCCCNC(=O)c1cccc(O)c1. The van der Waals surface area contributed by atoms with E-state index in [1.54, 1.807) is 36.4 Å². The lowest BCUT2D eigenvalue weighted by atomic mass is 10.0. The van der Waals surface area contributed by atoms with Crippen LogP contribution in [0.1, 0.15) is 41.0 Å². The van der Waals surface area contributed by atoms with Gasteiger partial charge in [0.2, 0.25) is 5.91 Å². The third-order valence-electron chi connectivity index (χ3n) is 4.40. The Morgan fingerprint density at radius 1 is 0.967 bits per heavy atom. The van der Waals surface area contributed by atoms with E-state index < -0.39 is 11.9 Å². The lowest BCUT2D eigenvalue weighted by Gasteiger charge is -2.22. The molecule has 0 fully saturated rings. The van der Waals surface area contributed by atoms with Crippen LogP contribution in [0.3, 0.4) is 0 Å². The lowest BCUT2D eigenvalue weighted by Crippen LogP contribution is -2.50. The average Bonchev–Trinajstić information content (AvgIpc) is 2.71. The number of nitrogens with one attached hydrogen (secondary N) is 3. The van der Waals surface area contributed by atoms with Crippen molar-refractivity contribution in [2.24, 2.45) is 5.92 Å². The fourth-order valence-electron chi connectivity index (χ4n) is 2.76. The third-order valence-corrected chi connectivity index (χ3v) is 4.73. The van der Waals surface area contributed by atoms with Crippen LogP contribution < -0.4 is 16.0 Å². The van der Waals surface area contributed by atoms with Crippen LogP contribution in [-0.4, -0.2) is 42.0 Å². The summed E-state index contributed by atoms with van der Waals surface area (Å²) in [5.74, 6) is -1.11. The van der Waals surface area contributed by atoms with Gasteiger partial charge in [-0.25, -0.2) is 0 Å². The van der Waals surface area contributed by atoms with Gasteiger partial charge in [-0.2, -0.15) is 0 Å². The van der Waals surface area contributed by atoms with E-state index in [1.807, 2.05) is 13.8 Å². The van der Waals surface area contributed by atoms with E-state index in [-0.39, 0.29) is 23.5 Å². The summed E-state index contributed by atoms with van der Waals surface area (Å²) >= 11 is 6.05. The van der Waals surface area contributed by atoms with Crippen molar-refractivity contribution in [2.45, 2.75) is 26.3 Å². The quantitative estimate of drug-likeness (QED) is 0.458. The molecule has 2 aromatic rings. The molecule has 0 aliphatic carbocycles. The summed E-state index contributed by atoms with van der Waals surface area (Å²) in [6, 6.07) is 12.0. The van der Waals surface area contributed by atoms with Gasteiger partial charge >= 0.3 is 0 Å². The number of hydrogen-bond acceptors (Lipinski definition) is 4. The number of halogens is 1. The number of amides is 3. The van der Waals surface area contributed by atoms with Gasteiger partial charge in [0.25, 0.3) is 11.8 Å². The second-order valence-corrected chi connectivity index (χ2v) is 7.53. The molecule has 0 radical (unpaired) electrons. The maximum absolute atomic E-state index is 12.5. The minimum absolute atomic E-state index is 0.0217. The Morgan fingerprint density at radius 3 is 2.33 bits per heavy atom. The molecule has 0 spiro atoms. The molecule has 1 atom stereocenters. The van der Waals surface area contributed by atoms with Crippen molar-refractivity contribution < 1.29 is 19.5 Å². The Kier molecular flexibility index (Phi) is 8.68. The van der Waals surface area contributed by atoms with E-state index in [0.717, 1.165) is 0 Å². The molecule has 2 rings (SSSR count). The van der Waals surface area contributed by atoms with E-state index in [9.17, 15) is 19.5 Å². The molecular formula is C22H26ClN3O4. The molecule has 3 amide bonds. The molecule has 7 nitrogen and oxygen atoms in total. The summed E-state index contributed by atoms with van der Waals surface area (Å²) < 4.78 is 0. The van der Waals surface area contributed by atoms with Gasteiger partial charge in [-0.15, -0.1) is 0 Å². The zero-order valence-corrected chi connectivity index (χ0v) is 17.7. The highest BCUT2D eigenvalue weighted by Gasteiger charge is 2.25. The number of aromatic hydroxyl groups is 1. The molecule has 0 bridgehead atoms. The monoisotopic (exact) mass is 431 g/mol. The summed E-state index contributed by atoms with van der Waals surface area (Å²) in [5.41, 5.74) is 0.675. The molecule has 0 saturated heterocycles. The average molecular weight is 432 g/mol. The number of carbonyl (C=O) groups is 3. The molecule has 0 aromatic heterocycles. The number of phenolic OH excluding ortho intramolecular Hbond substituents is 1. The Bertz CT molecular complexity index is 901. The van der Waals surface area contributed by atoms with Gasteiger partial charge < -0.3 is 21.1 Å². The van der Waals surface area contributed by atoms with Crippen LogP contribution in [-0.2, 0) is 4.79 Å². The molecule has 0 saturated carbocycles. The first-order valence-electron chi connectivity index (χ1n) is 9.70. The van der Waals surface area contributed by atoms with Crippen LogP contribution >= 0.6 is 11.6 Å². The largest absolute Gasteiger partial charge is 0.508 e. The van der Waals surface area contributed by atoms with Crippen LogP contribution in [0.4, 0.5) is 0 Å². The van der Waals surface area contributed by atoms with Crippen molar-refractivity contribution in [1.82, 2.24) is 16.0 Å². The summed E-state index contributed by atoms with van der Waals surface area (Å²) in [5, 5.41) is 18.0. The second kappa shape index (κ2) is 11.2. The van der Waals surface area contributed by atoms with Crippen molar-refractivity contribution in [3.8, 4) is 5.75 Å². The van der Waals surface area contributed by atoms with Crippen molar-refractivity contribution in [1.29, 1.82) is 0 Å². The molecular weight excluding hydrogens is 406 g/mol. The summed E-state index contributed by atoms with van der Waals surface area (Å²) in [6.45, 7) is 4.37. The van der Waals surface area contributed by atoms with E-state index in [0.29, 0.717) is 35.7 Å². The lowest BCUT2D eigenvalue weighted by molar-refractivity contribution is -0.123. The van der Waals surface area contributed by atoms with Gasteiger partial charge in [-0.3, -0.25) is 14.4 Å². The van der Waals surface area contributed by atoms with Gasteiger partial charge in [0.05, 0.1) is 10.6 Å². The maximum atomic E-state index is 12.5. The number of benzene rings is 2. The Hall–Kier alpha value is -3.06. The number of rotatable bonds is 9. The first kappa shape index (κ1) is 23.2. The Balaban J connectivity index is 1.79. The minimum Gasteiger partial charge on any atom is -0.508 e. The Labute approximate surface area is 180 Å². The van der Waals surface area contributed by atoms with Crippen LogP contribution in [0.2, 0.25) is 5.02 Å². The molecule has 4 N–H and O–H groups in total. The third kappa shape index (κ3) is 6.77. The van der Waals surface area contributed by atoms with Crippen LogP contribution in [0.25, 0.3) is 0 Å². The van der Waals surface area contributed by atoms with Crippen LogP contribution in [0.15, 0.2) is 48.5 Å². The van der Waals surface area contributed by atoms with Crippen molar-refractivity contribution >= 4 is 29.3 Å².